The number of rotatable bonds is 3. The second-order valence-corrected chi connectivity index (χ2v) is 5.09. The van der Waals surface area contributed by atoms with E-state index in [-0.39, 0.29) is 5.56 Å². The molecule has 0 N–H and O–H groups in total. The number of ether oxygens (including phenoxy) is 1. The molecule has 0 aromatic heterocycles. The predicted molar refractivity (Wildman–Crippen MR) is 78.7 cm³/mol. The van der Waals surface area contributed by atoms with E-state index in [0.717, 1.165) is 4.90 Å². The van der Waals surface area contributed by atoms with Gasteiger partial charge in [-0.1, -0.05) is 29.8 Å². The van der Waals surface area contributed by atoms with Gasteiger partial charge in [0.1, 0.15) is 0 Å². The summed E-state index contributed by atoms with van der Waals surface area (Å²) in [6.45, 7) is -0.433. The lowest BCUT2D eigenvalue weighted by molar-refractivity contribution is 0.0228. The Morgan fingerprint density at radius 2 is 1.64 bits per heavy atom. The molecule has 0 saturated carbocycles. The van der Waals surface area contributed by atoms with Crippen LogP contribution in [0.5, 0.6) is 0 Å². The number of benzene rings is 2. The van der Waals surface area contributed by atoms with Crippen molar-refractivity contribution >= 4 is 29.4 Å². The fourth-order valence-electron chi connectivity index (χ4n) is 2.18. The zero-order valence-corrected chi connectivity index (χ0v) is 12.0. The first-order chi connectivity index (χ1) is 10.6. The molecular weight excluding hydrogens is 306 g/mol. The van der Waals surface area contributed by atoms with Crippen molar-refractivity contribution in [1.29, 1.82) is 0 Å². The van der Waals surface area contributed by atoms with Gasteiger partial charge in [-0.3, -0.25) is 9.59 Å². The number of imide groups is 1. The quantitative estimate of drug-likeness (QED) is 0.645. The Morgan fingerprint density at radius 1 is 1.00 bits per heavy atom. The minimum atomic E-state index is -0.654. The maximum atomic E-state index is 12.1. The molecule has 2 amide bonds. The molecule has 0 bridgehead atoms. The summed E-state index contributed by atoms with van der Waals surface area (Å²) in [5.74, 6) is -1.60. The summed E-state index contributed by atoms with van der Waals surface area (Å²) >= 11 is 5.80. The average molecular weight is 316 g/mol. The average Bonchev–Trinajstić information content (AvgIpc) is 2.77. The van der Waals surface area contributed by atoms with Crippen LogP contribution < -0.4 is 0 Å². The number of amides is 2. The molecule has 2 aromatic carbocycles. The third kappa shape index (κ3) is 2.46. The van der Waals surface area contributed by atoms with E-state index >= 15 is 0 Å². The number of carbonyl (C=O) groups excluding carboxylic acids is 3. The van der Waals surface area contributed by atoms with Crippen LogP contribution in [0.2, 0.25) is 5.02 Å². The van der Waals surface area contributed by atoms with Crippen LogP contribution in [0.4, 0.5) is 0 Å². The van der Waals surface area contributed by atoms with Crippen LogP contribution in [0.1, 0.15) is 31.1 Å². The van der Waals surface area contributed by atoms with Gasteiger partial charge >= 0.3 is 5.97 Å². The lowest BCUT2D eigenvalue weighted by Crippen LogP contribution is -2.33. The monoisotopic (exact) mass is 315 g/mol. The van der Waals surface area contributed by atoms with Crippen LogP contribution in [0.25, 0.3) is 0 Å². The molecule has 0 saturated heterocycles. The van der Waals surface area contributed by atoms with E-state index in [1.165, 1.54) is 12.1 Å². The SMILES string of the molecule is O=C(OCN1C(=O)c2ccccc2C1=O)c1cccc(Cl)c1. The van der Waals surface area contributed by atoms with Crippen molar-refractivity contribution in [3.05, 3.63) is 70.2 Å². The molecule has 0 spiro atoms. The number of carbonyl (C=O) groups is 3. The minimum absolute atomic E-state index is 0.254. The summed E-state index contributed by atoms with van der Waals surface area (Å²) in [4.78, 5) is 37.0. The van der Waals surface area contributed by atoms with Gasteiger partial charge in [-0.05, 0) is 30.3 Å². The smallest absolute Gasteiger partial charge is 0.339 e. The molecule has 0 unspecified atom stereocenters. The highest BCUT2D eigenvalue weighted by molar-refractivity contribution is 6.30. The predicted octanol–water partition coefficient (Wildman–Crippen LogP) is 2.75. The van der Waals surface area contributed by atoms with Crippen LogP contribution in [-0.4, -0.2) is 29.4 Å². The number of nitrogens with zero attached hydrogens (tertiary/aromatic N) is 1. The highest BCUT2D eigenvalue weighted by atomic mass is 35.5. The van der Waals surface area contributed by atoms with E-state index in [1.54, 1.807) is 36.4 Å². The fraction of sp³-hybridized carbons (Fsp3) is 0.0625. The van der Waals surface area contributed by atoms with Crippen molar-refractivity contribution in [2.45, 2.75) is 0 Å². The second-order valence-electron chi connectivity index (χ2n) is 4.66. The maximum absolute atomic E-state index is 12.1. The van der Waals surface area contributed by atoms with Crippen molar-refractivity contribution in [2.75, 3.05) is 6.73 Å². The van der Waals surface area contributed by atoms with Gasteiger partial charge in [0.15, 0.2) is 6.73 Å². The number of esters is 1. The van der Waals surface area contributed by atoms with E-state index in [2.05, 4.69) is 0 Å². The Morgan fingerprint density at radius 3 is 2.23 bits per heavy atom. The number of hydrogen-bond acceptors (Lipinski definition) is 4. The van der Waals surface area contributed by atoms with Gasteiger partial charge in [0, 0.05) is 5.02 Å². The number of halogens is 1. The standard InChI is InChI=1S/C16H10ClNO4/c17-11-5-3-4-10(8-11)16(21)22-9-18-14(19)12-6-1-2-7-13(12)15(18)20/h1-8H,9H2. The fourth-order valence-corrected chi connectivity index (χ4v) is 2.37. The summed E-state index contributed by atoms with van der Waals surface area (Å²) in [6, 6.07) is 12.7. The second kappa shape index (κ2) is 5.61. The van der Waals surface area contributed by atoms with Gasteiger partial charge in [-0.15, -0.1) is 0 Å². The van der Waals surface area contributed by atoms with Crippen LogP contribution in [0, 0.1) is 0 Å². The first-order valence-electron chi connectivity index (χ1n) is 6.46. The number of hydrogen-bond donors (Lipinski definition) is 0. The van der Waals surface area contributed by atoms with Gasteiger partial charge in [-0.2, -0.15) is 0 Å². The first kappa shape index (κ1) is 14.3. The zero-order valence-electron chi connectivity index (χ0n) is 11.3. The van der Waals surface area contributed by atoms with Gasteiger partial charge in [0.05, 0.1) is 16.7 Å². The molecule has 1 heterocycles. The van der Waals surface area contributed by atoms with Crippen molar-refractivity contribution in [2.24, 2.45) is 0 Å². The Bertz CT molecular complexity index is 752. The van der Waals surface area contributed by atoms with Gasteiger partial charge < -0.3 is 4.74 Å². The largest absolute Gasteiger partial charge is 0.440 e. The topological polar surface area (TPSA) is 63.7 Å². The molecular formula is C16H10ClNO4. The summed E-state index contributed by atoms with van der Waals surface area (Å²) in [6.07, 6.45) is 0. The molecule has 5 nitrogen and oxygen atoms in total. The van der Waals surface area contributed by atoms with Crippen LogP contribution in [-0.2, 0) is 4.74 Å². The molecule has 0 aliphatic carbocycles. The molecule has 0 atom stereocenters. The Balaban J connectivity index is 1.72. The first-order valence-corrected chi connectivity index (χ1v) is 6.83. The lowest BCUT2D eigenvalue weighted by Gasteiger charge is -2.13. The van der Waals surface area contributed by atoms with E-state index in [0.29, 0.717) is 16.1 Å². The van der Waals surface area contributed by atoms with Gasteiger partial charge in [-0.25, -0.2) is 9.69 Å². The summed E-state index contributed by atoms with van der Waals surface area (Å²) in [5.41, 5.74) is 0.877. The van der Waals surface area contributed by atoms with Crippen molar-refractivity contribution in [3.63, 3.8) is 0 Å². The van der Waals surface area contributed by atoms with Crippen molar-refractivity contribution < 1.29 is 19.1 Å². The highest BCUT2D eigenvalue weighted by Gasteiger charge is 2.35. The minimum Gasteiger partial charge on any atom is -0.440 e. The van der Waals surface area contributed by atoms with Crippen molar-refractivity contribution in [3.8, 4) is 0 Å². The van der Waals surface area contributed by atoms with E-state index in [4.69, 9.17) is 16.3 Å². The molecule has 6 heteroatoms. The maximum Gasteiger partial charge on any atom is 0.339 e. The molecule has 3 rings (SSSR count). The lowest BCUT2D eigenvalue weighted by atomic mass is 10.1. The Kier molecular flexibility index (Phi) is 3.65. The summed E-state index contributed by atoms with van der Waals surface area (Å²) in [5, 5.41) is 0.398. The van der Waals surface area contributed by atoms with Gasteiger partial charge in [0.25, 0.3) is 11.8 Å². The van der Waals surface area contributed by atoms with Crippen LogP contribution >= 0.6 is 11.6 Å². The third-order valence-corrected chi connectivity index (χ3v) is 3.50. The summed E-state index contributed by atoms with van der Waals surface area (Å²) < 4.78 is 5.03. The molecule has 2 aromatic rings. The normalized spacial score (nSPS) is 13.2. The molecule has 1 aliphatic heterocycles. The third-order valence-electron chi connectivity index (χ3n) is 3.26. The van der Waals surface area contributed by atoms with E-state index in [9.17, 15) is 14.4 Å². The molecule has 0 radical (unpaired) electrons. The molecule has 1 aliphatic rings. The van der Waals surface area contributed by atoms with Crippen molar-refractivity contribution in [1.82, 2.24) is 4.90 Å². The van der Waals surface area contributed by atoms with Crippen LogP contribution in [0.3, 0.4) is 0 Å². The zero-order chi connectivity index (χ0) is 15.7. The van der Waals surface area contributed by atoms with E-state index in [1.807, 2.05) is 0 Å². The van der Waals surface area contributed by atoms with E-state index < -0.39 is 24.5 Å². The summed E-state index contributed by atoms with van der Waals surface area (Å²) in [7, 11) is 0. The molecule has 0 fully saturated rings. The highest BCUT2D eigenvalue weighted by Crippen LogP contribution is 2.22. The Labute approximate surface area is 131 Å². The van der Waals surface area contributed by atoms with Crippen LogP contribution in [0.15, 0.2) is 48.5 Å². The molecule has 110 valence electrons. The Hall–Kier alpha value is -2.66. The van der Waals surface area contributed by atoms with Gasteiger partial charge in [0.2, 0.25) is 0 Å². The number of fused-ring (bicyclic) bond motifs is 1. The molecule has 22 heavy (non-hydrogen) atoms.